The molecule has 120 valence electrons. The fourth-order valence-electron chi connectivity index (χ4n) is 2.81. The molecule has 8 heteroatoms. The maximum Gasteiger partial charge on any atom is 0.291 e. The summed E-state index contributed by atoms with van der Waals surface area (Å²) in [5.41, 5.74) is 1.22. The number of aromatic amines is 1. The number of rotatable bonds is 2. The number of ether oxygens (including phenoxy) is 2. The van der Waals surface area contributed by atoms with E-state index >= 15 is 0 Å². The Morgan fingerprint density at radius 3 is 3.09 bits per heavy atom. The molecule has 2 aliphatic heterocycles. The van der Waals surface area contributed by atoms with Gasteiger partial charge in [0.25, 0.3) is 5.91 Å². The fraction of sp³-hybridized carbons (Fsp3) is 0.400. The lowest BCUT2D eigenvalue weighted by molar-refractivity contribution is 0.0755. The minimum Gasteiger partial charge on any atom is -0.454 e. The van der Waals surface area contributed by atoms with Crippen molar-refractivity contribution in [2.45, 2.75) is 11.7 Å². The Morgan fingerprint density at radius 2 is 2.22 bits per heavy atom. The zero-order valence-corrected chi connectivity index (χ0v) is 13.2. The summed E-state index contributed by atoms with van der Waals surface area (Å²) >= 11 is 1.86. The van der Waals surface area contributed by atoms with Gasteiger partial charge in [0.05, 0.1) is 0 Å². The van der Waals surface area contributed by atoms with E-state index in [2.05, 4.69) is 21.2 Å². The number of amides is 1. The molecule has 2 aromatic rings. The first-order valence-electron chi connectivity index (χ1n) is 7.47. The van der Waals surface area contributed by atoms with Gasteiger partial charge < -0.3 is 14.4 Å². The van der Waals surface area contributed by atoms with E-state index in [1.807, 2.05) is 28.8 Å². The van der Waals surface area contributed by atoms with Crippen LogP contribution in [0.3, 0.4) is 0 Å². The van der Waals surface area contributed by atoms with Crippen molar-refractivity contribution in [3.8, 4) is 11.5 Å². The van der Waals surface area contributed by atoms with Gasteiger partial charge in [0.1, 0.15) is 6.33 Å². The zero-order valence-electron chi connectivity index (χ0n) is 12.4. The molecule has 0 bridgehead atoms. The van der Waals surface area contributed by atoms with Gasteiger partial charge in [-0.05, 0) is 24.1 Å². The van der Waals surface area contributed by atoms with Crippen LogP contribution in [0, 0.1) is 0 Å². The Hall–Kier alpha value is -2.22. The Labute approximate surface area is 137 Å². The summed E-state index contributed by atoms with van der Waals surface area (Å²) in [7, 11) is 0. The lowest BCUT2D eigenvalue weighted by Gasteiger charge is -2.18. The van der Waals surface area contributed by atoms with Crippen LogP contribution in [0.5, 0.6) is 11.5 Å². The van der Waals surface area contributed by atoms with E-state index < -0.39 is 0 Å². The molecule has 3 heterocycles. The number of fused-ring (bicyclic) bond motifs is 1. The second-order valence-corrected chi connectivity index (χ2v) is 6.70. The summed E-state index contributed by atoms with van der Waals surface area (Å²) in [6, 6.07) is 6.09. The Bertz CT molecular complexity index is 707. The normalized spacial score (nSPS) is 20.3. The molecule has 0 saturated carbocycles. The lowest BCUT2D eigenvalue weighted by Crippen LogP contribution is -2.33. The van der Waals surface area contributed by atoms with Crippen LogP contribution in [0.1, 0.15) is 27.9 Å². The van der Waals surface area contributed by atoms with Crippen LogP contribution in [0.15, 0.2) is 24.5 Å². The molecule has 1 unspecified atom stereocenters. The standard InChI is InChI=1S/C15H16N4O3S/c20-15(14-16-8-17-18-14)19-4-3-13(23-6-5-19)10-1-2-11-12(7-10)22-9-21-11/h1-2,7-8,13H,3-6,9H2,(H,16,17,18). The Morgan fingerprint density at radius 1 is 1.30 bits per heavy atom. The highest BCUT2D eigenvalue weighted by Gasteiger charge is 2.25. The van der Waals surface area contributed by atoms with Crippen molar-refractivity contribution in [1.82, 2.24) is 20.1 Å². The third kappa shape index (κ3) is 2.86. The predicted molar refractivity (Wildman–Crippen MR) is 84.7 cm³/mol. The molecule has 0 aliphatic carbocycles. The van der Waals surface area contributed by atoms with Crippen molar-refractivity contribution in [3.05, 3.63) is 35.9 Å². The average molecular weight is 332 g/mol. The molecule has 1 atom stereocenters. The number of hydrogen-bond acceptors (Lipinski definition) is 6. The molecule has 0 radical (unpaired) electrons. The number of benzene rings is 1. The van der Waals surface area contributed by atoms with Crippen LogP contribution in [-0.4, -0.2) is 51.6 Å². The van der Waals surface area contributed by atoms with Crippen LogP contribution >= 0.6 is 11.8 Å². The lowest BCUT2D eigenvalue weighted by atomic mass is 10.1. The molecule has 4 rings (SSSR count). The molecule has 1 saturated heterocycles. The van der Waals surface area contributed by atoms with Crippen LogP contribution in [0.4, 0.5) is 0 Å². The molecule has 2 aliphatic rings. The van der Waals surface area contributed by atoms with Gasteiger partial charge in [-0.3, -0.25) is 9.89 Å². The predicted octanol–water partition coefficient (Wildman–Crippen LogP) is 1.85. The Balaban J connectivity index is 1.46. The molecular formula is C15H16N4O3S. The summed E-state index contributed by atoms with van der Waals surface area (Å²) in [6.45, 7) is 1.70. The maximum absolute atomic E-state index is 12.4. The van der Waals surface area contributed by atoms with Gasteiger partial charge in [-0.1, -0.05) is 6.07 Å². The van der Waals surface area contributed by atoms with Crippen molar-refractivity contribution < 1.29 is 14.3 Å². The van der Waals surface area contributed by atoms with Gasteiger partial charge in [0, 0.05) is 24.1 Å². The van der Waals surface area contributed by atoms with Crippen molar-refractivity contribution in [2.24, 2.45) is 0 Å². The van der Waals surface area contributed by atoms with Crippen LogP contribution in [0.25, 0.3) is 0 Å². The SMILES string of the molecule is O=C(c1ncn[nH]1)N1CCSC(c2ccc3c(c2)OCO3)CC1. The van der Waals surface area contributed by atoms with Gasteiger partial charge in [0.2, 0.25) is 12.6 Å². The van der Waals surface area contributed by atoms with Crippen molar-refractivity contribution in [2.75, 3.05) is 25.6 Å². The minimum atomic E-state index is -0.0885. The average Bonchev–Trinajstić information content (AvgIpc) is 3.20. The van der Waals surface area contributed by atoms with Crippen LogP contribution < -0.4 is 9.47 Å². The molecule has 1 amide bonds. The highest BCUT2D eigenvalue weighted by atomic mass is 32.2. The van der Waals surface area contributed by atoms with E-state index in [0.717, 1.165) is 23.7 Å². The second-order valence-electron chi connectivity index (χ2n) is 5.39. The number of carbonyl (C=O) groups is 1. The van der Waals surface area contributed by atoms with Gasteiger partial charge >= 0.3 is 0 Å². The maximum atomic E-state index is 12.4. The van der Waals surface area contributed by atoms with E-state index in [4.69, 9.17) is 9.47 Å². The van der Waals surface area contributed by atoms with Crippen LogP contribution in [0.2, 0.25) is 0 Å². The monoisotopic (exact) mass is 332 g/mol. The van der Waals surface area contributed by atoms with E-state index in [1.165, 1.54) is 11.9 Å². The molecule has 1 fully saturated rings. The molecule has 1 aromatic carbocycles. The minimum absolute atomic E-state index is 0.0885. The summed E-state index contributed by atoms with van der Waals surface area (Å²) in [5.74, 6) is 2.71. The van der Waals surface area contributed by atoms with Gasteiger partial charge in [-0.25, -0.2) is 4.98 Å². The first-order chi connectivity index (χ1) is 11.3. The number of aromatic nitrogens is 3. The second kappa shape index (κ2) is 6.11. The van der Waals surface area contributed by atoms with E-state index in [-0.39, 0.29) is 12.7 Å². The van der Waals surface area contributed by atoms with Gasteiger partial charge in [0.15, 0.2) is 11.5 Å². The van der Waals surface area contributed by atoms with Crippen LogP contribution in [-0.2, 0) is 0 Å². The van der Waals surface area contributed by atoms with E-state index in [1.54, 1.807) is 0 Å². The summed E-state index contributed by atoms with van der Waals surface area (Å²) < 4.78 is 10.8. The molecule has 1 N–H and O–H groups in total. The highest BCUT2D eigenvalue weighted by molar-refractivity contribution is 7.99. The van der Waals surface area contributed by atoms with Gasteiger partial charge in [-0.2, -0.15) is 16.9 Å². The summed E-state index contributed by atoms with van der Waals surface area (Å²) in [4.78, 5) is 18.1. The van der Waals surface area contributed by atoms with E-state index in [9.17, 15) is 4.79 Å². The number of hydrogen-bond donors (Lipinski definition) is 1. The number of nitrogens with zero attached hydrogens (tertiary/aromatic N) is 3. The number of H-pyrrole nitrogens is 1. The summed E-state index contributed by atoms with van der Waals surface area (Å²) in [5, 5.41) is 6.72. The topological polar surface area (TPSA) is 80.3 Å². The molecule has 0 spiro atoms. The van der Waals surface area contributed by atoms with E-state index in [0.29, 0.717) is 24.2 Å². The molecular weight excluding hydrogens is 316 g/mol. The van der Waals surface area contributed by atoms with Gasteiger partial charge in [-0.15, -0.1) is 0 Å². The molecule has 1 aromatic heterocycles. The summed E-state index contributed by atoms with van der Waals surface area (Å²) in [6.07, 6.45) is 2.25. The number of carbonyl (C=O) groups excluding carboxylic acids is 1. The first kappa shape index (κ1) is 14.4. The smallest absolute Gasteiger partial charge is 0.291 e. The molecule has 7 nitrogen and oxygen atoms in total. The fourth-order valence-corrected chi connectivity index (χ4v) is 4.03. The van der Waals surface area contributed by atoms with Crippen molar-refractivity contribution in [3.63, 3.8) is 0 Å². The molecule has 23 heavy (non-hydrogen) atoms. The Kier molecular flexibility index (Phi) is 3.82. The number of thioether (sulfide) groups is 1. The van der Waals surface area contributed by atoms with Crippen molar-refractivity contribution >= 4 is 17.7 Å². The largest absolute Gasteiger partial charge is 0.454 e. The van der Waals surface area contributed by atoms with Crippen molar-refractivity contribution in [1.29, 1.82) is 0 Å². The quantitative estimate of drug-likeness (QED) is 0.904. The third-order valence-electron chi connectivity index (χ3n) is 4.01. The zero-order chi connectivity index (χ0) is 15.6. The highest BCUT2D eigenvalue weighted by Crippen LogP contribution is 2.40. The third-order valence-corrected chi connectivity index (χ3v) is 5.34. The number of nitrogens with one attached hydrogen (secondary N) is 1. The first-order valence-corrected chi connectivity index (χ1v) is 8.52.